The number of nitrogens with zero attached hydrogens (tertiary/aromatic N) is 4. The first-order valence-electron chi connectivity index (χ1n) is 8.78. The highest BCUT2D eigenvalue weighted by Gasteiger charge is 2.74. The minimum absolute atomic E-state index is 0.0554. The lowest BCUT2D eigenvalue weighted by molar-refractivity contribution is -0.706. The lowest BCUT2D eigenvalue weighted by atomic mass is 10.1. The van der Waals surface area contributed by atoms with Gasteiger partial charge in [0.05, 0.1) is 16.2 Å². The van der Waals surface area contributed by atoms with Crippen LogP contribution in [-0.4, -0.2) is 52.9 Å². The predicted octanol–water partition coefficient (Wildman–Crippen LogP) is 1.33. The Kier molecular flexibility index (Phi) is 6.02. The zero-order chi connectivity index (χ0) is 21.3. The van der Waals surface area contributed by atoms with Gasteiger partial charge in [-0.1, -0.05) is 12.1 Å². The van der Waals surface area contributed by atoms with Gasteiger partial charge in [0.2, 0.25) is 5.91 Å². The van der Waals surface area contributed by atoms with E-state index in [1.54, 1.807) is 38.9 Å². The third kappa shape index (κ3) is 3.43. The number of hydrogen-bond acceptors (Lipinski definition) is 8. The molecule has 1 aromatic carbocycles. The Labute approximate surface area is 162 Å². The maximum atomic E-state index is 13.0. The fourth-order valence-electron chi connectivity index (χ4n) is 3.13. The number of carbonyl (C=O) groups is 1. The van der Waals surface area contributed by atoms with E-state index in [0.29, 0.717) is 0 Å². The molecule has 1 aliphatic rings. The van der Waals surface area contributed by atoms with E-state index in [4.69, 9.17) is 10.5 Å². The summed E-state index contributed by atoms with van der Waals surface area (Å²) >= 11 is 0. The van der Waals surface area contributed by atoms with E-state index in [1.165, 1.54) is 18.2 Å². The van der Waals surface area contributed by atoms with E-state index in [2.05, 4.69) is 0 Å². The van der Waals surface area contributed by atoms with Crippen molar-refractivity contribution in [3.63, 3.8) is 0 Å². The summed E-state index contributed by atoms with van der Waals surface area (Å²) < 4.78 is 5.84. The third-order valence-corrected chi connectivity index (χ3v) is 4.94. The zero-order valence-corrected chi connectivity index (χ0v) is 16.3. The average Bonchev–Trinajstić information content (AvgIpc) is 2.90. The van der Waals surface area contributed by atoms with Crippen LogP contribution in [0.25, 0.3) is 0 Å². The summed E-state index contributed by atoms with van der Waals surface area (Å²) in [6.45, 7) is 3.29. The van der Waals surface area contributed by atoms with Crippen LogP contribution in [-0.2, 0) is 9.53 Å². The predicted molar refractivity (Wildman–Crippen MR) is 101 cm³/mol. The summed E-state index contributed by atoms with van der Waals surface area (Å²) in [5.41, 5.74) is 4.33. The molecular formula is C17H25N5O6. The molecule has 2 N–H and O–H groups in total. The Morgan fingerprint density at radius 3 is 2.43 bits per heavy atom. The fraction of sp³-hybridized carbons (Fsp3) is 0.588. The van der Waals surface area contributed by atoms with Crippen LogP contribution in [0.4, 0.5) is 5.69 Å². The van der Waals surface area contributed by atoms with Crippen LogP contribution in [0.15, 0.2) is 24.3 Å². The maximum Gasteiger partial charge on any atom is 0.490 e. The van der Waals surface area contributed by atoms with E-state index >= 15 is 0 Å². The van der Waals surface area contributed by atoms with E-state index in [-0.39, 0.29) is 30.6 Å². The fourth-order valence-corrected chi connectivity index (χ4v) is 3.13. The second-order valence-corrected chi connectivity index (χ2v) is 7.23. The van der Waals surface area contributed by atoms with Gasteiger partial charge >= 0.3 is 11.9 Å². The monoisotopic (exact) mass is 395 g/mol. The maximum absolute atomic E-state index is 13.0. The van der Waals surface area contributed by atoms with Gasteiger partial charge in [-0.15, -0.1) is 0 Å². The molecule has 28 heavy (non-hydrogen) atoms. The minimum atomic E-state index is -2.73. The topological polar surface area (TPSA) is 145 Å². The Morgan fingerprint density at radius 1 is 1.32 bits per heavy atom. The highest BCUT2D eigenvalue weighted by atomic mass is 16.7. The van der Waals surface area contributed by atoms with E-state index < -0.39 is 33.4 Å². The second kappa shape index (κ2) is 7.78. The van der Waals surface area contributed by atoms with Gasteiger partial charge in [0.15, 0.2) is 0 Å². The number of amides is 1. The second-order valence-electron chi connectivity index (χ2n) is 7.23. The SMILES string of the molecule is CN(C)C(C)(C)OC1([N+](=O)[O-])C([N+](=O)[O-])c2ccccc2N1C(=O)CCCN. The standard InChI is InChI=1S/C17H25N5O6/c1-16(2,19(3)4)28-17(22(26)27)15(21(24)25)12-8-5-6-9-13(12)20(17)14(23)10-7-11-18/h5-6,8-9,15H,7,10-11,18H2,1-4H3. The van der Waals surface area contributed by atoms with Gasteiger partial charge < -0.3 is 5.73 Å². The largest absolute Gasteiger partial charge is 0.490 e. The van der Waals surface area contributed by atoms with Crippen molar-refractivity contribution in [1.82, 2.24) is 4.90 Å². The van der Waals surface area contributed by atoms with Gasteiger partial charge in [-0.05, 0) is 53.0 Å². The van der Waals surface area contributed by atoms with E-state index in [1.807, 2.05) is 0 Å². The van der Waals surface area contributed by atoms with Crippen LogP contribution in [0.2, 0.25) is 0 Å². The van der Waals surface area contributed by atoms with Gasteiger partial charge in [-0.2, -0.15) is 0 Å². The number of para-hydroxylation sites is 1. The molecule has 2 rings (SSSR count). The van der Waals surface area contributed by atoms with Crippen molar-refractivity contribution in [3.8, 4) is 0 Å². The van der Waals surface area contributed by atoms with Crippen LogP contribution in [0, 0.1) is 20.2 Å². The summed E-state index contributed by atoms with van der Waals surface area (Å²) in [7, 11) is 3.25. The average molecular weight is 395 g/mol. The van der Waals surface area contributed by atoms with Crippen LogP contribution in [0.3, 0.4) is 0 Å². The Bertz CT molecular complexity index is 783. The zero-order valence-electron chi connectivity index (χ0n) is 16.3. The van der Waals surface area contributed by atoms with Gasteiger partial charge in [0, 0.05) is 11.3 Å². The molecule has 154 valence electrons. The van der Waals surface area contributed by atoms with Crippen molar-refractivity contribution in [2.24, 2.45) is 5.73 Å². The molecule has 11 nitrogen and oxygen atoms in total. The van der Waals surface area contributed by atoms with Crippen LogP contribution < -0.4 is 10.6 Å². The molecule has 1 aliphatic heterocycles. The van der Waals surface area contributed by atoms with Crippen molar-refractivity contribution in [2.75, 3.05) is 25.5 Å². The number of hydrogen-bond donors (Lipinski definition) is 1. The number of benzene rings is 1. The molecule has 0 spiro atoms. The first kappa shape index (κ1) is 21.7. The van der Waals surface area contributed by atoms with Gasteiger partial charge in [-0.3, -0.25) is 34.7 Å². The van der Waals surface area contributed by atoms with Gasteiger partial charge in [0.25, 0.3) is 0 Å². The van der Waals surface area contributed by atoms with E-state index in [9.17, 15) is 25.0 Å². The number of carbonyl (C=O) groups excluding carboxylic acids is 1. The quantitative estimate of drug-likeness (QED) is 0.394. The van der Waals surface area contributed by atoms with Crippen molar-refractivity contribution in [1.29, 1.82) is 0 Å². The summed E-state index contributed by atoms with van der Waals surface area (Å²) in [4.78, 5) is 38.0. The molecule has 0 fully saturated rings. The third-order valence-electron chi connectivity index (χ3n) is 4.94. The van der Waals surface area contributed by atoms with E-state index in [0.717, 1.165) is 4.90 Å². The smallest absolute Gasteiger partial charge is 0.330 e. The summed E-state index contributed by atoms with van der Waals surface area (Å²) in [5.74, 6) is -3.39. The molecule has 1 amide bonds. The molecule has 2 atom stereocenters. The van der Waals surface area contributed by atoms with Crippen molar-refractivity contribution < 1.29 is 19.4 Å². The normalized spacial score (nSPS) is 21.6. The van der Waals surface area contributed by atoms with Crippen LogP contribution in [0.1, 0.15) is 38.3 Å². The molecule has 1 aromatic rings. The van der Waals surface area contributed by atoms with Gasteiger partial charge in [0.1, 0.15) is 5.72 Å². The number of fused-ring (bicyclic) bond motifs is 1. The number of nitro groups is 2. The molecular weight excluding hydrogens is 370 g/mol. The van der Waals surface area contributed by atoms with Gasteiger partial charge in [-0.25, -0.2) is 4.90 Å². The lowest BCUT2D eigenvalue weighted by Gasteiger charge is -2.39. The first-order valence-corrected chi connectivity index (χ1v) is 8.78. The van der Waals surface area contributed by atoms with Crippen LogP contribution >= 0.6 is 0 Å². The highest BCUT2D eigenvalue weighted by molar-refractivity contribution is 5.96. The molecule has 0 aliphatic carbocycles. The number of nitrogens with two attached hydrogens (primary N) is 1. The Morgan fingerprint density at radius 2 is 1.93 bits per heavy atom. The molecule has 11 heteroatoms. The summed E-state index contributed by atoms with van der Waals surface area (Å²) in [5, 5.41) is 24.3. The Balaban J connectivity index is 2.76. The number of rotatable bonds is 8. The number of ether oxygens (including phenoxy) is 1. The molecule has 0 bridgehead atoms. The molecule has 1 heterocycles. The van der Waals surface area contributed by atoms with Crippen molar-refractivity contribution in [3.05, 3.63) is 50.1 Å². The molecule has 0 saturated heterocycles. The minimum Gasteiger partial charge on any atom is -0.330 e. The summed E-state index contributed by atoms with van der Waals surface area (Å²) in [6, 6.07) is 4.06. The molecule has 0 aromatic heterocycles. The van der Waals surface area contributed by atoms with Crippen molar-refractivity contribution in [2.45, 2.75) is 44.3 Å². The molecule has 0 saturated carbocycles. The first-order chi connectivity index (χ1) is 13.0. The number of anilines is 1. The van der Waals surface area contributed by atoms with Crippen molar-refractivity contribution >= 4 is 11.6 Å². The Hall–Kier alpha value is -2.63. The summed E-state index contributed by atoms with van der Waals surface area (Å²) in [6.07, 6.45) is 0.183. The van der Waals surface area contributed by atoms with Crippen LogP contribution in [0.5, 0.6) is 0 Å². The highest BCUT2D eigenvalue weighted by Crippen LogP contribution is 2.51. The molecule has 0 radical (unpaired) electrons. The molecule has 2 unspecified atom stereocenters. The lowest BCUT2D eigenvalue weighted by Crippen LogP contribution is -2.65.